The van der Waals surface area contributed by atoms with Crippen molar-refractivity contribution in [2.45, 2.75) is 155 Å². The van der Waals surface area contributed by atoms with Gasteiger partial charge < -0.3 is 70.8 Å². The van der Waals surface area contributed by atoms with E-state index in [4.69, 9.17) is 14.2 Å². The molecule has 5 aliphatic heterocycles. The van der Waals surface area contributed by atoms with Gasteiger partial charge in [-0.3, -0.25) is 77.1 Å². The summed E-state index contributed by atoms with van der Waals surface area (Å²) in [6.45, 7) is 19.8. The maximum atomic E-state index is 14.9. The topological polar surface area (TPSA) is 351 Å². The summed E-state index contributed by atoms with van der Waals surface area (Å²) in [7, 11) is 6.05. The lowest BCUT2D eigenvalue weighted by molar-refractivity contribution is -0.148. The van der Waals surface area contributed by atoms with Crippen molar-refractivity contribution in [3.05, 3.63) is 83.9 Å². The molecule has 106 heavy (non-hydrogen) atoms. The van der Waals surface area contributed by atoms with E-state index in [0.29, 0.717) is 122 Å². The minimum absolute atomic E-state index is 0.00471. The average Bonchev–Trinajstić information content (AvgIpc) is 1.80. The van der Waals surface area contributed by atoms with Crippen LogP contribution in [0.4, 0.5) is 0 Å². The van der Waals surface area contributed by atoms with E-state index in [1.807, 2.05) is 41.8 Å². The van der Waals surface area contributed by atoms with Gasteiger partial charge in [0.05, 0.1) is 88.2 Å². The van der Waals surface area contributed by atoms with Crippen molar-refractivity contribution < 1.29 is 76.9 Å². The molecule has 0 aromatic heterocycles. The van der Waals surface area contributed by atoms with Gasteiger partial charge in [0.15, 0.2) is 0 Å². The Balaban J connectivity index is 0.999. The smallest absolute Gasteiger partial charge is 0.253 e. The number of benzene rings is 2. The number of amides is 12. The summed E-state index contributed by atoms with van der Waals surface area (Å²) >= 11 is 0. The number of ether oxygens (including phenoxy) is 3. The highest BCUT2D eigenvalue weighted by molar-refractivity contribution is 6.12. The first-order chi connectivity index (χ1) is 50.6. The predicted molar refractivity (Wildman–Crippen MR) is 396 cm³/mol. The molecule has 5 heterocycles. The molecule has 4 saturated heterocycles. The largest absolute Gasteiger partial charge is 0.386 e. The third kappa shape index (κ3) is 26.0. The molecule has 588 valence electrons. The fourth-order valence-electron chi connectivity index (χ4n) is 14.2. The Kier molecular flexibility index (Phi) is 35.6. The maximum Gasteiger partial charge on any atom is 0.253 e. The van der Waals surface area contributed by atoms with E-state index in [1.54, 1.807) is 96.0 Å². The Morgan fingerprint density at radius 2 is 1.23 bits per heavy atom. The van der Waals surface area contributed by atoms with E-state index in [1.165, 1.54) is 43.2 Å². The number of rotatable bonds is 36. The van der Waals surface area contributed by atoms with Crippen molar-refractivity contribution in [1.29, 1.82) is 0 Å². The van der Waals surface area contributed by atoms with Crippen molar-refractivity contribution >= 4 is 70.9 Å². The number of likely N-dealkylation sites (tertiary alicyclic amines) is 1. The minimum Gasteiger partial charge on any atom is -0.386 e. The number of imide groups is 1. The molecule has 0 aliphatic carbocycles. The van der Waals surface area contributed by atoms with Crippen molar-refractivity contribution in [1.82, 2.24) is 71.1 Å². The number of carbonyl (C=O) groups is 12. The molecule has 4 fully saturated rings. The summed E-state index contributed by atoms with van der Waals surface area (Å²) in [5.74, 6) is -7.46. The SMILES string of the molecule is CC[C@H](C)[C@@H]([C@@H](CC(=O)N1CCC[C@@H]1[C@H](OC)[C@@H](C)C(=O)N[C@H](C)[C@@H](O)c1ccccc1)OC)N(C)C(=O)[C@@H](NC(=O)[C@H](C(C)C)N(C)C(=O)CNC(=O)[C@H](Cc1ccccc1)NC(=O)CNC(=O)CNC(=O)CN1CCN2CCOCCN(CC1)CCN(C(=O)CCCN1C(=O)C=CC1=O)CC2)C(C)C. The minimum atomic E-state index is -1.23. The standard InChI is InChI=1S/C76H118N14O16/c1-13-52(6)70(59(104-11)45-66(97)89-30-20-26-58(89)72(105-12)53(7)73(100)80-54(8)71(99)56-24-18-15-19-25-56)84(10)76(103)68(50(2)3)82-75(102)69(51(4)5)83(9)67(98)48-79-74(101)57(44-55-22-16-14-17-23-55)81-61(92)47-77-60(91)46-78-62(93)49-87-34-32-85-36-38-88(39-37-86(33-35-87)41-43-106-42-40-85)63(94)27-21-31-90-64(95)28-29-65(90)96/h14-19,22-25,28-29,50-54,57-59,68-72,99H,13,20-21,26-27,30-49H2,1-12H3,(H,77,91)(H,78,93)(H,79,101)(H,80,100)(H,81,92)(H,82,102)/t52-,53+,54+,57-,58+,59+,68-,69-,70-,71+,72+/m0/s1. The van der Waals surface area contributed by atoms with E-state index in [2.05, 4.69) is 41.7 Å². The molecular formula is C76H118N14O16. The first-order valence-corrected chi connectivity index (χ1v) is 37.5. The molecule has 2 aromatic carbocycles. The second-order valence-corrected chi connectivity index (χ2v) is 29.0. The van der Waals surface area contributed by atoms with Gasteiger partial charge in [0.1, 0.15) is 18.1 Å². The molecule has 5 aliphatic rings. The summed E-state index contributed by atoms with van der Waals surface area (Å²) in [6.07, 6.45) is 2.34. The van der Waals surface area contributed by atoms with Crippen LogP contribution < -0.4 is 31.9 Å². The van der Waals surface area contributed by atoms with Crippen molar-refractivity contribution in [3.8, 4) is 0 Å². The van der Waals surface area contributed by atoms with Crippen LogP contribution in [0.2, 0.25) is 0 Å². The fourth-order valence-corrected chi connectivity index (χ4v) is 14.2. The van der Waals surface area contributed by atoms with Gasteiger partial charge in [0, 0.05) is 132 Å². The highest BCUT2D eigenvalue weighted by Crippen LogP contribution is 2.31. The number of hydrogen-bond acceptors (Lipinski definition) is 19. The van der Waals surface area contributed by atoms with Gasteiger partial charge in [-0.15, -0.1) is 0 Å². The molecule has 30 nitrogen and oxygen atoms in total. The zero-order valence-electron chi connectivity index (χ0n) is 64.3. The fraction of sp³-hybridized carbons (Fsp3) is 0.658. The van der Waals surface area contributed by atoms with Gasteiger partial charge in [-0.05, 0) is 55.1 Å². The first-order valence-electron chi connectivity index (χ1n) is 37.5. The second kappa shape index (κ2) is 43.5. The van der Waals surface area contributed by atoms with Gasteiger partial charge in [0.25, 0.3) is 11.8 Å². The molecule has 7 rings (SSSR count). The van der Waals surface area contributed by atoms with Gasteiger partial charge in [0.2, 0.25) is 59.1 Å². The van der Waals surface area contributed by atoms with Crippen LogP contribution in [-0.2, 0) is 78.2 Å². The summed E-state index contributed by atoms with van der Waals surface area (Å²) in [5, 5.41) is 27.3. The van der Waals surface area contributed by atoms with E-state index in [9.17, 15) is 62.6 Å². The monoisotopic (exact) mass is 1480 g/mol. The van der Waals surface area contributed by atoms with Crippen LogP contribution in [0.5, 0.6) is 0 Å². The predicted octanol–water partition coefficient (Wildman–Crippen LogP) is 0.328. The number of fused-ring (bicyclic) bond motifs is 12. The van der Waals surface area contributed by atoms with Crippen LogP contribution in [0.3, 0.4) is 0 Å². The van der Waals surface area contributed by atoms with Gasteiger partial charge in [-0.2, -0.15) is 0 Å². The molecule has 0 spiro atoms. The van der Waals surface area contributed by atoms with Crippen LogP contribution in [0.15, 0.2) is 72.8 Å². The number of nitrogens with zero attached hydrogens (tertiary/aromatic N) is 8. The van der Waals surface area contributed by atoms with E-state index in [-0.39, 0.29) is 67.8 Å². The third-order valence-electron chi connectivity index (χ3n) is 20.8. The normalized spacial score (nSPS) is 20.3. The van der Waals surface area contributed by atoms with Crippen molar-refractivity contribution in [2.24, 2.45) is 23.7 Å². The number of aliphatic hydroxyl groups excluding tert-OH is 1. The van der Waals surface area contributed by atoms with E-state index >= 15 is 0 Å². The van der Waals surface area contributed by atoms with Gasteiger partial charge in [-0.1, -0.05) is 116 Å². The number of nitrogens with one attached hydrogen (secondary N) is 6. The average molecular weight is 1480 g/mol. The lowest BCUT2D eigenvalue weighted by Crippen LogP contribution is -2.61. The number of carbonyl (C=O) groups excluding carboxylic acids is 12. The zero-order chi connectivity index (χ0) is 77.7. The van der Waals surface area contributed by atoms with Crippen molar-refractivity contribution in [3.63, 3.8) is 0 Å². The molecule has 12 amide bonds. The Morgan fingerprint density at radius 1 is 0.632 bits per heavy atom. The lowest BCUT2D eigenvalue weighted by Gasteiger charge is -2.41. The van der Waals surface area contributed by atoms with Crippen molar-refractivity contribution in [2.75, 3.05) is 146 Å². The highest BCUT2D eigenvalue weighted by Gasteiger charge is 2.44. The number of aliphatic hydroxyl groups is 1. The highest BCUT2D eigenvalue weighted by atomic mass is 16.5. The Bertz CT molecular complexity index is 3240. The van der Waals surface area contributed by atoms with E-state index in [0.717, 1.165) is 4.90 Å². The number of methoxy groups -OCH3 is 2. The molecule has 7 N–H and O–H groups in total. The van der Waals surface area contributed by atoms with E-state index < -0.39 is 133 Å². The Hall–Kier alpha value is -8.26. The second-order valence-electron chi connectivity index (χ2n) is 29.0. The van der Waals surface area contributed by atoms with Crippen LogP contribution in [-0.4, -0.2) is 310 Å². The summed E-state index contributed by atoms with van der Waals surface area (Å²) < 4.78 is 18.0. The van der Waals surface area contributed by atoms with Crippen LogP contribution in [0.1, 0.15) is 111 Å². The molecule has 0 saturated carbocycles. The lowest BCUT2D eigenvalue weighted by atomic mass is 9.89. The van der Waals surface area contributed by atoms with Crippen LogP contribution >= 0.6 is 0 Å². The Morgan fingerprint density at radius 3 is 1.81 bits per heavy atom. The zero-order valence-corrected chi connectivity index (χ0v) is 64.3. The van der Waals surface area contributed by atoms with Crippen LogP contribution in [0.25, 0.3) is 0 Å². The molecule has 2 unspecified atom stereocenters. The quantitative estimate of drug-likeness (QED) is 0.0452. The summed E-state index contributed by atoms with van der Waals surface area (Å²) in [4.78, 5) is 177. The molecule has 13 atom stereocenters. The maximum absolute atomic E-state index is 14.9. The summed E-state index contributed by atoms with van der Waals surface area (Å²) in [6, 6.07) is 12.7. The molecule has 2 bridgehead atoms. The van der Waals surface area contributed by atoms with Gasteiger partial charge >= 0.3 is 0 Å². The number of hydrogen-bond donors (Lipinski definition) is 7. The third-order valence-corrected chi connectivity index (χ3v) is 20.8. The first kappa shape index (κ1) is 86.7. The summed E-state index contributed by atoms with van der Waals surface area (Å²) in [5.41, 5.74) is 1.34. The molecule has 2 aromatic rings. The van der Waals surface area contributed by atoms with Crippen LogP contribution in [0, 0.1) is 23.7 Å². The van der Waals surface area contributed by atoms with Gasteiger partial charge in [-0.25, -0.2) is 0 Å². The number of likely N-dealkylation sites (N-methyl/N-ethyl adjacent to an activating group) is 2. The molecular weight excluding hydrogens is 1360 g/mol. The Labute approximate surface area is 625 Å². The molecule has 30 heteroatoms. The molecule has 0 radical (unpaired) electrons.